The van der Waals surface area contributed by atoms with E-state index in [0.717, 1.165) is 49.4 Å². The molecule has 3 aromatic heterocycles. The number of fused-ring (bicyclic) bond motifs is 1. The van der Waals surface area contributed by atoms with Crippen LogP contribution < -0.4 is 0 Å². The number of rotatable bonds is 7. The summed E-state index contributed by atoms with van der Waals surface area (Å²) in [7, 11) is 3.81. The number of hydrogen-bond acceptors (Lipinski definition) is 7. The fraction of sp³-hybridized carbons (Fsp3) is 0.433. The Labute approximate surface area is 231 Å². The van der Waals surface area contributed by atoms with Crippen molar-refractivity contribution >= 4 is 16.9 Å². The molecule has 1 aromatic carbocycles. The van der Waals surface area contributed by atoms with Crippen molar-refractivity contribution in [3.05, 3.63) is 71.6 Å². The highest BCUT2D eigenvalue weighted by Crippen LogP contribution is 2.44. The Bertz CT molecular complexity index is 1630. The van der Waals surface area contributed by atoms with Crippen LogP contribution in [0.5, 0.6) is 0 Å². The van der Waals surface area contributed by atoms with Gasteiger partial charge >= 0.3 is 0 Å². The maximum atomic E-state index is 15.2. The average Bonchev–Trinajstić information content (AvgIpc) is 3.90. The summed E-state index contributed by atoms with van der Waals surface area (Å²) < 4.78 is 37.2. The molecule has 3 fully saturated rings. The lowest BCUT2D eigenvalue weighted by Crippen LogP contribution is -2.21. The van der Waals surface area contributed by atoms with Gasteiger partial charge in [-0.2, -0.15) is 5.10 Å². The standard InChI is InChI=1S/C30H31F2N7O/c1-16(38(2)3)25-26(17-4-5-17)35-30-28(34-25)27(22-9-6-20(31)13-23(22)32)36-29(37-30)18-10-11-40-24(12-18)19-14-33-39(15-19)21-7-8-21/h6,9,13-15,17-18,21,24H,1,4-5,7-8,10-12H2,2-3H3/t18-,24+/m0/s1. The molecule has 4 aromatic rings. The molecule has 2 aliphatic carbocycles. The van der Waals surface area contributed by atoms with E-state index in [1.165, 1.54) is 12.1 Å². The van der Waals surface area contributed by atoms with Crippen LogP contribution in [0.15, 0.2) is 37.2 Å². The first-order valence-corrected chi connectivity index (χ1v) is 13.9. The molecule has 10 heteroatoms. The lowest BCUT2D eigenvalue weighted by Gasteiger charge is -2.28. The van der Waals surface area contributed by atoms with Crippen molar-refractivity contribution in [2.75, 3.05) is 20.7 Å². The Hall–Kier alpha value is -3.79. The monoisotopic (exact) mass is 543 g/mol. The molecule has 4 heterocycles. The number of ether oxygens (including phenoxy) is 1. The summed E-state index contributed by atoms with van der Waals surface area (Å²) in [6.07, 6.45) is 9.62. The van der Waals surface area contributed by atoms with E-state index in [1.54, 1.807) is 0 Å². The molecule has 0 N–H and O–H groups in total. The Kier molecular flexibility index (Phi) is 6.10. The minimum atomic E-state index is -0.704. The lowest BCUT2D eigenvalue weighted by atomic mass is 9.92. The molecule has 206 valence electrons. The van der Waals surface area contributed by atoms with E-state index in [2.05, 4.69) is 17.9 Å². The van der Waals surface area contributed by atoms with Crippen LogP contribution in [-0.2, 0) is 4.74 Å². The highest BCUT2D eigenvalue weighted by molar-refractivity contribution is 5.88. The van der Waals surface area contributed by atoms with Crippen LogP contribution in [0.4, 0.5) is 8.78 Å². The molecule has 3 aliphatic rings. The highest BCUT2D eigenvalue weighted by atomic mass is 19.1. The zero-order valence-corrected chi connectivity index (χ0v) is 22.6. The molecule has 0 radical (unpaired) electrons. The first-order chi connectivity index (χ1) is 19.4. The van der Waals surface area contributed by atoms with Crippen molar-refractivity contribution in [1.82, 2.24) is 34.6 Å². The van der Waals surface area contributed by atoms with E-state index in [4.69, 9.17) is 24.7 Å². The molecule has 1 aliphatic heterocycles. The van der Waals surface area contributed by atoms with Crippen molar-refractivity contribution in [3.63, 3.8) is 0 Å². The highest BCUT2D eigenvalue weighted by Gasteiger charge is 2.33. The zero-order chi connectivity index (χ0) is 27.5. The van der Waals surface area contributed by atoms with Crippen molar-refractivity contribution in [3.8, 4) is 11.3 Å². The van der Waals surface area contributed by atoms with Crippen LogP contribution in [0.2, 0.25) is 0 Å². The molecule has 40 heavy (non-hydrogen) atoms. The summed E-state index contributed by atoms with van der Waals surface area (Å²) >= 11 is 0. The normalized spacial score (nSPS) is 21.1. The number of benzene rings is 1. The molecule has 2 saturated carbocycles. The first kappa shape index (κ1) is 25.2. The number of aromatic nitrogens is 6. The summed E-state index contributed by atoms with van der Waals surface area (Å²) in [5.41, 5.74) is 4.56. The maximum absolute atomic E-state index is 15.2. The second-order valence-electron chi connectivity index (χ2n) is 11.4. The molecule has 7 rings (SSSR count). The van der Waals surface area contributed by atoms with Crippen molar-refractivity contribution in [2.24, 2.45) is 0 Å². The summed E-state index contributed by atoms with van der Waals surface area (Å²) in [4.78, 5) is 21.6. The van der Waals surface area contributed by atoms with Gasteiger partial charge in [0.1, 0.15) is 34.4 Å². The van der Waals surface area contributed by atoms with E-state index in [-0.39, 0.29) is 17.6 Å². The largest absolute Gasteiger partial charge is 0.376 e. The lowest BCUT2D eigenvalue weighted by molar-refractivity contribution is 0.00396. The fourth-order valence-corrected chi connectivity index (χ4v) is 5.42. The molecule has 1 saturated heterocycles. The molecule has 0 bridgehead atoms. The summed E-state index contributed by atoms with van der Waals surface area (Å²) in [6, 6.07) is 4.01. The van der Waals surface area contributed by atoms with Crippen molar-refractivity contribution < 1.29 is 13.5 Å². The van der Waals surface area contributed by atoms with Gasteiger partial charge in [-0.1, -0.05) is 6.58 Å². The van der Waals surface area contributed by atoms with Crippen LogP contribution in [0, 0.1) is 11.6 Å². The summed E-state index contributed by atoms with van der Waals surface area (Å²) in [5.74, 6) is -0.517. The molecular formula is C30H31F2N7O. The van der Waals surface area contributed by atoms with Gasteiger partial charge in [-0.3, -0.25) is 4.68 Å². The maximum Gasteiger partial charge on any atom is 0.182 e. The van der Waals surface area contributed by atoms with E-state index < -0.39 is 11.6 Å². The molecule has 8 nitrogen and oxygen atoms in total. The van der Waals surface area contributed by atoms with Crippen molar-refractivity contribution in [2.45, 2.75) is 62.5 Å². The van der Waals surface area contributed by atoms with Crippen molar-refractivity contribution in [1.29, 1.82) is 0 Å². The third-order valence-corrected chi connectivity index (χ3v) is 8.10. The minimum Gasteiger partial charge on any atom is -0.376 e. The topological polar surface area (TPSA) is 81.8 Å². The van der Waals surface area contributed by atoms with Gasteiger partial charge in [0.25, 0.3) is 0 Å². The Balaban J connectivity index is 1.34. The predicted octanol–water partition coefficient (Wildman–Crippen LogP) is 5.94. The smallest absolute Gasteiger partial charge is 0.182 e. The second-order valence-corrected chi connectivity index (χ2v) is 11.4. The van der Waals surface area contributed by atoms with Gasteiger partial charge in [-0.05, 0) is 50.7 Å². The van der Waals surface area contributed by atoms with Crippen LogP contribution in [0.3, 0.4) is 0 Å². The van der Waals surface area contributed by atoms with E-state index in [1.807, 2.05) is 29.9 Å². The summed E-state index contributed by atoms with van der Waals surface area (Å²) in [6.45, 7) is 4.76. The van der Waals surface area contributed by atoms with Gasteiger partial charge in [0.05, 0.1) is 29.7 Å². The average molecular weight is 544 g/mol. The molecule has 2 atom stereocenters. The fourth-order valence-electron chi connectivity index (χ4n) is 5.42. The van der Waals surface area contributed by atoms with Crippen LogP contribution >= 0.6 is 0 Å². The van der Waals surface area contributed by atoms with E-state index in [9.17, 15) is 4.39 Å². The van der Waals surface area contributed by atoms with E-state index >= 15 is 4.39 Å². The second kappa shape index (κ2) is 9.69. The SMILES string of the molecule is C=C(c1nc2c(-c3ccc(F)cc3F)nc([C@H]3CCO[C@@H](c4cnn(C5CC5)c4)C3)nc2nc1C1CC1)N(C)C. The minimum absolute atomic E-state index is 0.0303. The Morgan fingerprint density at radius 3 is 2.58 bits per heavy atom. The number of hydrogen-bond donors (Lipinski definition) is 0. The summed E-state index contributed by atoms with van der Waals surface area (Å²) in [5, 5.41) is 4.53. The van der Waals surface area contributed by atoms with Gasteiger partial charge in [-0.15, -0.1) is 0 Å². The zero-order valence-electron chi connectivity index (χ0n) is 22.6. The van der Waals surface area contributed by atoms with E-state index in [0.29, 0.717) is 59.1 Å². The number of halogens is 2. The third-order valence-electron chi connectivity index (χ3n) is 8.10. The predicted molar refractivity (Wildman–Crippen MR) is 146 cm³/mol. The van der Waals surface area contributed by atoms with Gasteiger partial charge in [-0.25, -0.2) is 28.7 Å². The number of nitrogens with zero attached hydrogens (tertiary/aromatic N) is 7. The Morgan fingerprint density at radius 1 is 1.02 bits per heavy atom. The van der Waals surface area contributed by atoms with Gasteiger partial charge in [0, 0.05) is 55.9 Å². The molecule has 0 unspecified atom stereocenters. The van der Waals surface area contributed by atoms with Crippen LogP contribution in [0.25, 0.3) is 28.1 Å². The Morgan fingerprint density at radius 2 is 1.85 bits per heavy atom. The molecule has 0 amide bonds. The quantitative estimate of drug-likeness (QED) is 0.285. The van der Waals surface area contributed by atoms with Gasteiger partial charge in [0.2, 0.25) is 0 Å². The molecule has 0 spiro atoms. The van der Waals surface area contributed by atoms with Crippen LogP contribution in [-0.4, -0.2) is 55.3 Å². The van der Waals surface area contributed by atoms with Gasteiger partial charge in [0.15, 0.2) is 5.65 Å². The van der Waals surface area contributed by atoms with Gasteiger partial charge < -0.3 is 9.64 Å². The van der Waals surface area contributed by atoms with Crippen LogP contribution in [0.1, 0.15) is 85.3 Å². The molecular weight excluding hydrogens is 512 g/mol. The third kappa shape index (κ3) is 4.64. The first-order valence-electron chi connectivity index (χ1n) is 13.9.